The number of sulfone groups is 1. The van der Waals surface area contributed by atoms with E-state index in [0.29, 0.717) is 17.7 Å². The first kappa shape index (κ1) is 25.6. The minimum atomic E-state index is -5.57. The van der Waals surface area contributed by atoms with Gasteiger partial charge in [-0.3, -0.25) is 9.36 Å². The number of nitrogens with one attached hydrogen (secondary N) is 1. The zero-order chi connectivity index (χ0) is 27.0. The Bertz CT molecular complexity index is 1630. The number of nitrogens with zero attached hydrogens (tertiary/aromatic N) is 3. The normalized spacial score (nSPS) is 11.9. The maximum Gasteiger partial charge on any atom is 0.501 e. The molecule has 0 atom stereocenters. The molecule has 2 N–H and O–H groups in total. The first-order valence-corrected chi connectivity index (χ1v) is 11.8. The predicted molar refractivity (Wildman–Crippen MR) is 123 cm³/mol. The zero-order valence-electron chi connectivity index (χ0n) is 18.5. The van der Waals surface area contributed by atoms with Crippen LogP contribution in [-0.4, -0.2) is 39.1 Å². The molecule has 9 nitrogen and oxygen atoms in total. The number of benzene rings is 2. The van der Waals surface area contributed by atoms with Crippen LogP contribution in [0, 0.1) is 5.82 Å². The van der Waals surface area contributed by atoms with Crippen molar-refractivity contribution in [3.05, 3.63) is 100 Å². The summed E-state index contributed by atoms with van der Waals surface area (Å²) in [7, 11) is -5.57. The lowest BCUT2D eigenvalue weighted by Crippen LogP contribution is -2.24. The summed E-state index contributed by atoms with van der Waals surface area (Å²) in [6, 6.07) is 11.1. The van der Waals surface area contributed by atoms with E-state index in [2.05, 4.69) is 10.3 Å². The smallest absolute Gasteiger partial charge is 0.493 e. The van der Waals surface area contributed by atoms with Gasteiger partial charge in [0.05, 0.1) is 23.3 Å². The lowest BCUT2D eigenvalue weighted by Gasteiger charge is -2.09. The topological polar surface area (TPSA) is 123 Å². The van der Waals surface area contributed by atoms with E-state index in [-0.39, 0.29) is 23.6 Å². The molecular weight excluding hydrogens is 520 g/mol. The highest BCUT2D eigenvalue weighted by atomic mass is 32.2. The van der Waals surface area contributed by atoms with Gasteiger partial charge in [-0.15, -0.1) is 0 Å². The number of amides is 1. The van der Waals surface area contributed by atoms with Gasteiger partial charge in [-0.05, 0) is 66.2 Å². The Morgan fingerprint density at radius 3 is 2.30 bits per heavy atom. The molecule has 0 aliphatic carbocycles. The van der Waals surface area contributed by atoms with E-state index in [1.54, 1.807) is 6.07 Å². The number of imidazole rings is 1. The Labute approximate surface area is 206 Å². The number of halogens is 4. The van der Waals surface area contributed by atoms with E-state index in [4.69, 9.17) is 0 Å². The lowest BCUT2D eigenvalue weighted by atomic mass is 10.2. The number of carbonyl (C=O) groups excluding carboxylic acids is 1. The quantitative estimate of drug-likeness (QED) is 0.364. The average molecular weight is 536 g/mol. The van der Waals surface area contributed by atoms with E-state index >= 15 is 0 Å². The number of hydrogen-bond acceptors (Lipinski definition) is 6. The van der Waals surface area contributed by atoms with E-state index in [1.165, 1.54) is 24.4 Å². The fourth-order valence-electron chi connectivity index (χ4n) is 3.37. The molecule has 1 amide bonds. The van der Waals surface area contributed by atoms with Crippen molar-refractivity contribution in [3.8, 4) is 11.6 Å². The molecule has 0 spiro atoms. The Kier molecular flexibility index (Phi) is 6.61. The summed E-state index contributed by atoms with van der Waals surface area (Å²) in [5, 5.41) is 12.8. The fourth-order valence-corrected chi connectivity index (χ4v) is 4.13. The number of anilines is 1. The average Bonchev–Trinajstić information content (AvgIpc) is 3.11. The van der Waals surface area contributed by atoms with Gasteiger partial charge in [0.1, 0.15) is 11.6 Å². The van der Waals surface area contributed by atoms with Gasteiger partial charge in [0.25, 0.3) is 15.7 Å². The Morgan fingerprint density at radius 1 is 1.03 bits per heavy atom. The molecule has 4 rings (SSSR count). The first-order valence-electron chi connectivity index (χ1n) is 10.3. The molecule has 0 saturated carbocycles. The zero-order valence-corrected chi connectivity index (χ0v) is 19.3. The summed E-state index contributed by atoms with van der Waals surface area (Å²) in [4.78, 5) is 28.2. The van der Waals surface area contributed by atoms with Crippen molar-refractivity contribution in [1.29, 1.82) is 0 Å². The predicted octanol–water partition coefficient (Wildman–Crippen LogP) is 3.47. The minimum absolute atomic E-state index is 0.0654. The molecule has 0 fully saturated rings. The van der Waals surface area contributed by atoms with Gasteiger partial charge in [0.15, 0.2) is 0 Å². The molecule has 0 unspecified atom stereocenters. The van der Waals surface area contributed by atoms with Crippen molar-refractivity contribution < 1.29 is 35.9 Å². The Morgan fingerprint density at radius 2 is 1.68 bits per heavy atom. The highest BCUT2D eigenvalue weighted by molar-refractivity contribution is 7.92. The highest BCUT2D eigenvalue weighted by Gasteiger charge is 2.46. The van der Waals surface area contributed by atoms with Crippen LogP contribution in [0.5, 0.6) is 5.88 Å². The van der Waals surface area contributed by atoms with E-state index in [1.807, 2.05) is 0 Å². The molecule has 0 bridgehead atoms. The standard InChI is InChI=1S/C23H16F4N4O5S/c24-16-3-1-15(2-4-16)21(33)29-19-11-14(9-10-28-19)12-30-13-20(32)31(22(30)34)17-5-7-18(8-6-17)37(35,36)23(25,26)27/h1-11,13,32H,12H2,(H,28,29,33). The summed E-state index contributed by atoms with van der Waals surface area (Å²) in [6.45, 7) is -0.0815. The van der Waals surface area contributed by atoms with Crippen LogP contribution in [0.25, 0.3) is 5.69 Å². The summed E-state index contributed by atoms with van der Waals surface area (Å²) in [5.41, 5.74) is -5.63. The molecule has 0 radical (unpaired) electrons. The number of pyridine rings is 1. The monoisotopic (exact) mass is 536 g/mol. The second-order valence-corrected chi connectivity index (χ2v) is 9.63. The molecule has 0 aliphatic heterocycles. The minimum Gasteiger partial charge on any atom is -0.493 e. The van der Waals surface area contributed by atoms with Crippen LogP contribution in [0.4, 0.5) is 23.4 Å². The van der Waals surface area contributed by atoms with Crippen molar-refractivity contribution in [2.45, 2.75) is 16.9 Å². The maximum atomic E-state index is 13.1. The second kappa shape index (κ2) is 9.54. The Hall–Kier alpha value is -4.46. The number of aromatic nitrogens is 3. The van der Waals surface area contributed by atoms with Crippen LogP contribution in [-0.2, 0) is 16.4 Å². The second-order valence-electron chi connectivity index (χ2n) is 7.69. The summed E-state index contributed by atoms with van der Waals surface area (Å²) >= 11 is 0. The number of carbonyl (C=O) groups is 1. The molecule has 192 valence electrons. The molecule has 2 aromatic heterocycles. The van der Waals surface area contributed by atoms with Crippen molar-refractivity contribution in [3.63, 3.8) is 0 Å². The summed E-state index contributed by atoms with van der Waals surface area (Å²) in [5.74, 6) is -1.44. The third kappa shape index (κ3) is 5.23. The van der Waals surface area contributed by atoms with Gasteiger partial charge < -0.3 is 10.4 Å². The van der Waals surface area contributed by atoms with Crippen LogP contribution < -0.4 is 11.0 Å². The van der Waals surface area contributed by atoms with Gasteiger partial charge in [-0.2, -0.15) is 13.2 Å². The van der Waals surface area contributed by atoms with E-state index in [9.17, 15) is 40.7 Å². The van der Waals surface area contributed by atoms with Crippen molar-refractivity contribution in [1.82, 2.24) is 14.1 Å². The SMILES string of the molecule is O=C(Nc1cc(Cn2cc(O)n(-c3ccc(S(=O)(=O)C(F)(F)F)cc3)c2=O)ccn1)c1ccc(F)cc1. The van der Waals surface area contributed by atoms with Crippen molar-refractivity contribution in [2.75, 3.05) is 5.32 Å². The van der Waals surface area contributed by atoms with Crippen LogP contribution in [0.15, 0.2) is 82.7 Å². The van der Waals surface area contributed by atoms with E-state index in [0.717, 1.165) is 39.6 Å². The third-order valence-electron chi connectivity index (χ3n) is 5.17. The van der Waals surface area contributed by atoms with Crippen molar-refractivity contribution in [2.24, 2.45) is 0 Å². The van der Waals surface area contributed by atoms with Gasteiger partial charge in [0.2, 0.25) is 5.88 Å². The van der Waals surface area contributed by atoms with Gasteiger partial charge >= 0.3 is 11.2 Å². The van der Waals surface area contributed by atoms with Gasteiger partial charge in [0, 0.05) is 11.8 Å². The molecule has 4 aromatic rings. The third-order valence-corrected chi connectivity index (χ3v) is 6.67. The lowest BCUT2D eigenvalue weighted by molar-refractivity contribution is -0.0436. The summed E-state index contributed by atoms with van der Waals surface area (Å²) in [6.07, 6.45) is 2.46. The van der Waals surface area contributed by atoms with Crippen LogP contribution in [0.2, 0.25) is 0 Å². The van der Waals surface area contributed by atoms with Crippen molar-refractivity contribution >= 4 is 21.6 Å². The molecule has 2 heterocycles. The molecular formula is C23H16F4N4O5S. The van der Waals surface area contributed by atoms with Crippen LogP contribution >= 0.6 is 0 Å². The molecule has 37 heavy (non-hydrogen) atoms. The van der Waals surface area contributed by atoms with Crippen LogP contribution in [0.3, 0.4) is 0 Å². The molecule has 14 heteroatoms. The van der Waals surface area contributed by atoms with Crippen LogP contribution in [0.1, 0.15) is 15.9 Å². The number of rotatable bonds is 6. The fraction of sp³-hybridized carbons (Fsp3) is 0.0870. The summed E-state index contributed by atoms with van der Waals surface area (Å²) < 4.78 is 76.3. The molecule has 2 aromatic carbocycles. The Balaban J connectivity index is 1.55. The highest BCUT2D eigenvalue weighted by Crippen LogP contribution is 2.30. The van der Waals surface area contributed by atoms with E-state index < -0.39 is 43.5 Å². The largest absolute Gasteiger partial charge is 0.501 e. The maximum absolute atomic E-state index is 13.1. The number of alkyl halides is 3. The number of aromatic hydroxyl groups is 1. The first-order chi connectivity index (χ1) is 17.4. The van der Waals surface area contributed by atoms with Gasteiger partial charge in [-0.1, -0.05) is 0 Å². The molecule has 0 aliphatic rings. The molecule has 0 saturated heterocycles. The van der Waals surface area contributed by atoms with Gasteiger partial charge in [-0.25, -0.2) is 27.2 Å². The number of hydrogen-bond donors (Lipinski definition) is 2.